The first-order chi connectivity index (χ1) is 8.07. The molecule has 1 aromatic carbocycles. The van der Waals surface area contributed by atoms with Crippen LogP contribution in [0.5, 0.6) is 5.75 Å². The standard InChI is InChI=1S/C14H23NO2/c1-14(2,17-4)9-10-15-11-12-5-7-13(16-3)8-6-12/h5-8,15H,9-11H2,1-4H3. The molecule has 0 radical (unpaired) electrons. The van der Waals surface area contributed by atoms with Gasteiger partial charge < -0.3 is 14.8 Å². The van der Waals surface area contributed by atoms with Crippen LogP contribution in [0.3, 0.4) is 0 Å². The molecule has 0 bridgehead atoms. The van der Waals surface area contributed by atoms with Crippen LogP contribution in [0.4, 0.5) is 0 Å². The normalized spacial score (nSPS) is 11.5. The molecule has 0 saturated heterocycles. The van der Waals surface area contributed by atoms with E-state index in [1.165, 1.54) is 5.56 Å². The second-order valence-electron chi connectivity index (χ2n) is 4.74. The van der Waals surface area contributed by atoms with Gasteiger partial charge in [0.25, 0.3) is 0 Å². The molecule has 0 aliphatic carbocycles. The molecule has 1 rings (SSSR count). The quantitative estimate of drug-likeness (QED) is 0.739. The fourth-order valence-electron chi connectivity index (χ4n) is 1.47. The van der Waals surface area contributed by atoms with Gasteiger partial charge in [-0.2, -0.15) is 0 Å². The van der Waals surface area contributed by atoms with Crippen LogP contribution in [0, 0.1) is 0 Å². The SMILES string of the molecule is COc1ccc(CNCCC(C)(C)OC)cc1. The van der Waals surface area contributed by atoms with Crippen LogP contribution in [0.25, 0.3) is 0 Å². The zero-order valence-electron chi connectivity index (χ0n) is 11.2. The average molecular weight is 237 g/mol. The lowest BCUT2D eigenvalue weighted by atomic mass is 10.1. The Labute approximate surface area is 104 Å². The van der Waals surface area contributed by atoms with Crippen LogP contribution >= 0.6 is 0 Å². The molecular weight excluding hydrogens is 214 g/mol. The fourth-order valence-corrected chi connectivity index (χ4v) is 1.47. The highest BCUT2D eigenvalue weighted by Gasteiger charge is 2.14. The van der Waals surface area contributed by atoms with Gasteiger partial charge in [-0.1, -0.05) is 12.1 Å². The maximum Gasteiger partial charge on any atom is 0.118 e. The Hall–Kier alpha value is -1.06. The monoisotopic (exact) mass is 237 g/mol. The van der Waals surface area contributed by atoms with Crippen molar-refractivity contribution in [2.45, 2.75) is 32.4 Å². The predicted molar refractivity (Wildman–Crippen MR) is 70.4 cm³/mol. The Balaban J connectivity index is 2.26. The van der Waals surface area contributed by atoms with Gasteiger partial charge >= 0.3 is 0 Å². The number of hydrogen-bond donors (Lipinski definition) is 1. The highest BCUT2D eigenvalue weighted by atomic mass is 16.5. The fraction of sp³-hybridized carbons (Fsp3) is 0.571. The summed E-state index contributed by atoms with van der Waals surface area (Å²) in [5.74, 6) is 0.897. The largest absolute Gasteiger partial charge is 0.497 e. The third-order valence-corrected chi connectivity index (χ3v) is 2.94. The van der Waals surface area contributed by atoms with E-state index in [2.05, 4.69) is 31.3 Å². The molecule has 0 amide bonds. The smallest absolute Gasteiger partial charge is 0.118 e. The summed E-state index contributed by atoms with van der Waals surface area (Å²) >= 11 is 0. The summed E-state index contributed by atoms with van der Waals surface area (Å²) in [6.07, 6.45) is 1.000. The molecule has 0 unspecified atom stereocenters. The van der Waals surface area contributed by atoms with Crippen molar-refractivity contribution in [2.75, 3.05) is 20.8 Å². The molecule has 1 N–H and O–H groups in total. The summed E-state index contributed by atoms with van der Waals surface area (Å²) in [6.45, 7) is 6.03. The van der Waals surface area contributed by atoms with E-state index in [1.54, 1.807) is 14.2 Å². The predicted octanol–water partition coefficient (Wildman–Crippen LogP) is 2.60. The molecule has 0 aliphatic rings. The van der Waals surface area contributed by atoms with Gasteiger partial charge in [-0.15, -0.1) is 0 Å². The lowest BCUT2D eigenvalue weighted by Gasteiger charge is -2.22. The van der Waals surface area contributed by atoms with Gasteiger partial charge in [-0.25, -0.2) is 0 Å². The zero-order chi connectivity index (χ0) is 12.7. The van der Waals surface area contributed by atoms with E-state index in [9.17, 15) is 0 Å². The number of hydrogen-bond acceptors (Lipinski definition) is 3. The summed E-state index contributed by atoms with van der Waals surface area (Å²) in [4.78, 5) is 0. The maximum atomic E-state index is 5.36. The van der Waals surface area contributed by atoms with Crippen LogP contribution < -0.4 is 10.1 Å². The highest BCUT2D eigenvalue weighted by Crippen LogP contribution is 2.13. The molecule has 0 aromatic heterocycles. The highest BCUT2D eigenvalue weighted by molar-refractivity contribution is 5.26. The number of rotatable bonds is 7. The molecule has 3 nitrogen and oxygen atoms in total. The van der Waals surface area contributed by atoms with E-state index in [0.29, 0.717) is 0 Å². The van der Waals surface area contributed by atoms with Gasteiger partial charge in [-0.3, -0.25) is 0 Å². The summed E-state index contributed by atoms with van der Waals surface area (Å²) in [7, 11) is 3.43. The first-order valence-electron chi connectivity index (χ1n) is 5.96. The van der Waals surface area contributed by atoms with Crippen molar-refractivity contribution in [3.63, 3.8) is 0 Å². The Morgan fingerprint density at radius 2 is 1.76 bits per heavy atom. The molecular formula is C14H23NO2. The van der Waals surface area contributed by atoms with Crippen molar-refractivity contribution in [1.29, 1.82) is 0 Å². The minimum absolute atomic E-state index is 0.0487. The van der Waals surface area contributed by atoms with Gasteiger partial charge in [0.2, 0.25) is 0 Å². The molecule has 0 aliphatic heterocycles. The topological polar surface area (TPSA) is 30.5 Å². The molecule has 0 atom stereocenters. The Kier molecular flexibility index (Phi) is 5.45. The van der Waals surface area contributed by atoms with E-state index < -0.39 is 0 Å². The number of methoxy groups -OCH3 is 2. The lowest BCUT2D eigenvalue weighted by Crippen LogP contribution is -2.28. The second kappa shape index (κ2) is 6.62. The molecule has 1 aromatic rings. The molecule has 17 heavy (non-hydrogen) atoms. The van der Waals surface area contributed by atoms with Gasteiger partial charge in [0.15, 0.2) is 0 Å². The third kappa shape index (κ3) is 5.20. The van der Waals surface area contributed by atoms with Gasteiger partial charge in [0, 0.05) is 13.7 Å². The van der Waals surface area contributed by atoms with Gasteiger partial charge in [0.05, 0.1) is 12.7 Å². The first kappa shape index (κ1) is 14.0. The lowest BCUT2D eigenvalue weighted by molar-refractivity contribution is 0.0158. The molecule has 0 heterocycles. The summed E-state index contributed by atoms with van der Waals surface area (Å²) in [5.41, 5.74) is 1.22. The van der Waals surface area contributed by atoms with Crippen LogP contribution in [0.15, 0.2) is 24.3 Å². The van der Waals surface area contributed by atoms with Crippen molar-refractivity contribution in [1.82, 2.24) is 5.32 Å². The Morgan fingerprint density at radius 1 is 1.12 bits per heavy atom. The molecule has 96 valence electrons. The van der Waals surface area contributed by atoms with Crippen molar-refractivity contribution >= 4 is 0 Å². The van der Waals surface area contributed by atoms with Gasteiger partial charge in [-0.05, 0) is 44.5 Å². The number of nitrogens with one attached hydrogen (secondary N) is 1. The molecule has 3 heteroatoms. The van der Waals surface area contributed by atoms with Crippen LogP contribution in [-0.2, 0) is 11.3 Å². The minimum atomic E-state index is -0.0487. The summed E-state index contributed by atoms with van der Waals surface area (Å²) in [6, 6.07) is 8.12. The number of benzene rings is 1. The van der Waals surface area contributed by atoms with Gasteiger partial charge in [0.1, 0.15) is 5.75 Å². The number of ether oxygens (including phenoxy) is 2. The first-order valence-corrected chi connectivity index (χ1v) is 5.96. The second-order valence-corrected chi connectivity index (χ2v) is 4.74. The summed E-state index contributed by atoms with van der Waals surface area (Å²) in [5, 5.41) is 3.41. The van der Waals surface area contributed by atoms with Crippen molar-refractivity contribution in [2.24, 2.45) is 0 Å². The van der Waals surface area contributed by atoms with E-state index in [-0.39, 0.29) is 5.60 Å². The van der Waals surface area contributed by atoms with Crippen LogP contribution in [0.2, 0.25) is 0 Å². The molecule has 0 spiro atoms. The Bertz CT molecular complexity index is 319. The van der Waals surface area contributed by atoms with E-state index in [1.807, 2.05) is 12.1 Å². The maximum absolute atomic E-state index is 5.36. The molecule has 0 fully saturated rings. The Morgan fingerprint density at radius 3 is 2.29 bits per heavy atom. The molecule has 0 saturated carbocycles. The minimum Gasteiger partial charge on any atom is -0.497 e. The van der Waals surface area contributed by atoms with Crippen molar-refractivity contribution < 1.29 is 9.47 Å². The van der Waals surface area contributed by atoms with Crippen molar-refractivity contribution in [3.05, 3.63) is 29.8 Å². The average Bonchev–Trinajstić information content (AvgIpc) is 2.35. The van der Waals surface area contributed by atoms with Crippen LogP contribution in [-0.4, -0.2) is 26.4 Å². The van der Waals surface area contributed by atoms with Crippen LogP contribution in [0.1, 0.15) is 25.8 Å². The van der Waals surface area contributed by atoms with E-state index in [4.69, 9.17) is 9.47 Å². The van der Waals surface area contributed by atoms with E-state index >= 15 is 0 Å². The van der Waals surface area contributed by atoms with Crippen molar-refractivity contribution in [3.8, 4) is 5.75 Å². The summed E-state index contributed by atoms with van der Waals surface area (Å²) < 4.78 is 10.5. The zero-order valence-corrected chi connectivity index (χ0v) is 11.2. The van der Waals surface area contributed by atoms with E-state index in [0.717, 1.165) is 25.3 Å². The third-order valence-electron chi connectivity index (χ3n) is 2.94.